The van der Waals surface area contributed by atoms with Crippen LogP contribution < -0.4 is 5.32 Å². The smallest absolute Gasteiger partial charge is 0.244 e. The Balaban J connectivity index is 1.69. The van der Waals surface area contributed by atoms with Crippen LogP contribution in [0.15, 0.2) is 47.5 Å². The Bertz CT molecular complexity index is 923. The summed E-state index contributed by atoms with van der Waals surface area (Å²) in [4.78, 5) is 16.6. The van der Waals surface area contributed by atoms with Crippen molar-refractivity contribution >= 4 is 39.1 Å². The third-order valence-electron chi connectivity index (χ3n) is 4.44. The maximum atomic E-state index is 12.9. The molecule has 1 fully saturated rings. The minimum atomic E-state index is -3.82. The first kappa shape index (κ1) is 20.1. The second kappa shape index (κ2) is 8.56. The lowest BCUT2D eigenvalue weighted by Crippen LogP contribution is -2.45. The Labute approximate surface area is 168 Å². The van der Waals surface area contributed by atoms with E-state index in [0.29, 0.717) is 31.0 Å². The van der Waals surface area contributed by atoms with Gasteiger partial charge in [-0.05, 0) is 43.2 Å². The molecule has 2 heterocycles. The van der Waals surface area contributed by atoms with Gasteiger partial charge in [0.25, 0.3) is 0 Å². The number of halogens is 2. The quantitative estimate of drug-likeness (QED) is 0.794. The van der Waals surface area contributed by atoms with Crippen molar-refractivity contribution in [2.75, 3.05) is 13.1 Å². The van der Waals surface area contributed by atoms with Gasteiger partial charge in [0.15, 0.2) is 0 Å². The number of sulfonamides is 1. The molecule has 0 aliphatic carbocycles. The maximum Gasteiger partial charge on any atom is 0.244 e. The topological polar surface area (TPSA) is 79.4 Å². The molecule has 3 rings (SSSR count). The van der Waals surface area contributed by atoms with Gasteiger partial charge in [0.05, 0.1) is 23.2 Å². The number of piperidine rings is 1. The van der Waals surface area contributed by atoms with Crippen molar-refractivity contribution in [3.05, 3.63) is 58.3 Å². The minimum absolute atomic E-state index is 0.0359. The fraction of sp³-hybridized carbons (Fsp3) is 0.333. The van der Waals surface area contributed by atoms with Gasteiger partial charge in [-0.15, -0.1) is 0 Å². The number of carbonyl (C=O) groups excluding carboxylic acids is 1. The van der Waals surface area contributed by atoms with Crippen molar-refractivity contribution in [2.45, 2.75) is 24.3 Å². The lowest BCUT2D eigenvalue weighted by Gasteiger charge is -2.31. The predicted octanol–water partition coefficient (Wildman–Crippen LogP) is 3.11. The highest BCUT2D eigenvalue weighted by atomic mass is 35.5. The van der Waals surface area contributed by atoms with Crippen molar-refractivity contribution in [1.82, 2.24) is 14.6 Å². The molecule has 2 aromatic rings. The molecule has 1 aromatic heterocycles. The van der Waals surface area contributed by atoms with Crippen molar-refractivity contribution in [2.24, 2.45) is 5.92 Å². The van der Waals surface area contributed by atoms with Crippen LogP contribution in [0.25, 0.3) is 0 Å². The standard InChI is InChI=1S/C18H19Cl2N3O3S/c19-14-6-7-16(20)17(10-14)27(25,26)23-9-3-4-13(12-23)18(24)22-11-15-5-1-2-8-21-15/h1-2,5-8,10,13H,3-4,9,11-12H2,(H,22,24)/t13-/m0/s1. The number of carbonyl (C=O) groups is 1. The molecule has 9 heteroatoms. The zero-order valence-corrected chi connectivity index (χ0v) is 16.8. The molecule has 1 aliphatic rings. The fourth-order valence-electron chi connectivity index (χ4n) is 3.01. The van der Waals surface area contributed by atoms with Crippen LogP contribution in [0.3, 0.4) is 0 Å². The number of nitrogens with one attached hydrogen (secondary N) is 1. The minimum Gasteiger partial charge on any atom is -0.350 e. The average Bonchev–Trinajstić information content (AvgIpc) is 2.68. The van der Waals surface area contributed by atoms with Crippen LogP contribution in [0.5, 0.6) is 0 Å². The molecule has 1 aliphatic heterocycles. The summed E-state index contributed by atoms with van der Waals surface area (Å²) in [6.07, 6.45) is 2.88. The molecule has 0 unspecified atom stereocenters. The Morgan fingerprint density at radius 2 is 2.07 bits per heavy atom. The first-order chi connectivity index (χ1) is 12.9. The van der Waals surface area contributed by atoms with E-state index in [9.17, 15) is 13.2 Å². The fourth-order valence-corrected chi connectivity index (χ4v) is 5.27. The molecule has 1 aromatic carbocycles. The van der Waals surface area contributed by atoms with Crippen LogP contribution in [-0.4, -0.2) is 36.7 Å². The summed E-state index contributed by atoms with van der Waals surface area (Å²) in [5.74, 6) is -0.604. The highest BCUT2D eigenvalue weighted by Crippen LogP contribution is 2.30. The molecule has 1 saturated heterocycles. The van der Waals surface area contributed by atoms with Gasteiger partial charge in [-0.25, -0.2) is 8.42 Å². The first-order valence-electron chi connectivity index (χ1n) is 8.51. The molecule has 1 amide bonds. The number of benzene rings is 1. The van der Waals surface area contributed by atoms with Crippen LogP contribution in [-0.2, 0) is 21.4 Å². The van der Waals surface area contributed by atoms with E-state index in [-0.39, 0.29) is 22.4 Å². The molecule has 0 saturated carbocycles. The van der Waals surface area contributed by atoms with E-state index in [4.69, 9.17) is 23.2 Å². The van der Waals surface area contributed by atoms with E-state index in [1.807, 2.05) is 12.1 Å². The van der Waals surface area contributed by atoms with Gasteiger partial charge in [0.2, 0.25) is 15.9 Å². The van der Waals surface area contributed by atoms with Crippen LogP contribution in [0.2, 0.25) is 10.0 Å². The number of nitrogens with zero attached hydrogens (tertiary/aromatic N) is 2. The number of hydrogen-bond acceptors (Lipinski definition) is 4. The largest absolute Gasteiger partial charge is 0.350 e. The zero-order chi connectivity index (χ0) is 19.4. The second-order valence-corrected chi connectivity index (χ2v) is 9.07. The Hall–Kier alpha value is -1.67. The Morgan fingerprint density at radius 1 is 1.26 bits per heavy atom. The molecule has 1 atom stereocenters. The normalized spacial score (nSPS) is 18.2. The number of amides is 1. The summed E-state index contributed by atoms with van der Waals surface area (Å²) in [5, 5.41) is 3.23. The van der Waals surface area contributed by atoms with Crippen LogP contribution in [0.4, 0.5) is 0 Å². The highest BCUT2D eigenvalue weighted by molar-refractivity contribution is 7.89. The Morgan fingerprint density at radius 3 is 2.81 bits per heavy atom. The number of pyridine rings is 1. The van der Waals surface area contributed by atoms with Gasteiger partial charge in [-0.3, -0.25) is 9.78 Å². The molecule has 0 radical (unpaired) electrons. The third-order valence-corrected chi connectivity index (χ3v) is 7.02. The van der Waals surface area contributed by atoms with Crippen LogP contribution >= 0.6 is 23.2 Å². The van der Waals surface area contributed by atoms with E-state index in [2.05, 4.69) is 10.3 Å². The number of hydrogen-bond donors (Lipinski definition) is 1. The van der Waals surface area contributed by atoms with E-state index in [0.717, 1.165) is 5.69 Å². The predicted molar refractivity (Wildman–Crippen MR) is 104 cm³/mol. The van der Waals surface area contributed by atoms with Gasteiger partial charge < -0.3 is 5.32 Å². The molecule has 0 bridgehead atoms. The van der Waals surface area contributed by atoms with Crippen LogP contribution in [0.1, 0.15) is 18.5 Å². The molecule has 0 spiro atoms. The second-order valence-electron chi connectivity index (χ2n) is 6.32. The van der Waals surface area contributed by atoms with E-state index in [1.165, 1.54) is 22.5 Å². The highest BCUT2D eigenvalue weighted by Gasteiger charge is 2.34. The summed E-state index contributed by atoms with van der Waals surface area (Å²) in [5.41, 5.74) is 0.747. The summed E-state index contributed by atoms with van der Waals surface area (Å²) in [6, 6.07) is 9.79. The van der Waals surface area contributed by atoms with Crippen molar-refractivity contribution in [1.29, 1.82) is 0 Å². The lowest BCUT2D eigenvalue weighted by atomic mass is 9.99. The molecule has 144 valence electrons. The average molecular weight is 428 g/mol. The monoisotopic (exact) mass is 427 g/mol. The lowest BCUT2D eigenvalue weighted by molar-refractivity contribution is -0.126. The van der Waals surface area contributed by atoms with Crippen molar-refractivity contribution < 1.29 is 13.2 Å². The zero-order valence-electron chi connectivity index (χ0n) is 14.4. The van der Waals surface area contributed by atoms with Gasteiger partial charge in [-0.2, -0.15) is 4.31 Å². The molecule has 1 N–H and O–H groups in total. The molecule has 27 heavy (non-hydrogen) atoms. The molecule has 6 nitrogen and oxygen atoms in total. The van der Waals surface area contributed by atoms with Gasteiger partial charge in [0.1, 0.15) is 4.90 Å². The van der Waals surface area contributed by atoms with Gasteiger partial charge >= 0.3 is 0 Å². The van der Waals surface area contributed by atoms with Gasteiger partial charge in [0, 0.05) is 24.3 Å². The SMILES string of the molecule is O=C(NCc1ccccn1)[C@H]1CCCN(S(=O)(=O)c2cc(Cl)ccc2Cl)C1. The van der Waals surface area contributed by atoms with E-state index >= 15 is 0 Å². The van der Waals surface area contributed by atoms with Crippen molar-refractivity contribution in [3.63, 3.8) is 0 Å². The summed E-state index contributed by atoms with van der Waals surface area (Å²) >= 11 is 12.0. The summed E-state index contributed by atoms with van der Waals surface area (Å²) < 4.78 is 27.2. The van der Waals surface area contributed by atoms with Gasteiger partial charge in [-0.1, -0.05) is 29.3 Å². The number of aromatic nitrogens is 1. The van der Waals surface area contributed by atoms with Crippen LogP contribution in [0, 0.1) is 5.92 Å². The number of rotatable bonds is 5. The molecular weight excluding hydrogens is 409 g/mol. The Kier molecular flexibility index (Phi) is 6.37. The van der Waals surface area contributed by atoms with Crippen molar-refractivity contribution in [3.8, 4) is 0 Å². The molecular formula is C18H19Cl2N3O3S. The first-order valence-corrected chi connectivity index (χ1v) is 10.7. The third kappa shape index (κ3) is 4.79. The summed E-state index contributed by atoms with van der Waals surface area (Å²) in [7, 11) is -3.82. The maximum absolute atomic E-state index is 12.9. The van der Waals surface area contributed by atoms with E-state index < -0.39 is 15.9 Å². The summed E-state index contributed by atoms with van der Waals surface area (Å²) in [6.45, 7) is 0.761. The van der Waals surface area contributed by atoms with E-state index in [1.54, 1.807) is 12.3 Å².